The van der Waals surface area contributed by atoms with Crippen molar-refractivity contribution in [3.63, 3.8) is 0 Å². The molecule has 0 unspecified atom stereocenters. The molecule has 0 spiro atoms. The van der Waals surface area contributed by atoms with Gasteiger partial charge in [0.2, 0.25) is 5.95 Å². The minimum absolute atomic E-state index is 0.631. The molecule has 1 N–H and O–H groups in total. The Morgan fingerprint density at radius 3 is 2.68 bits per heavy atom. The summed E-state index contributed by atoms with van der Waals surface area (Å²) in [6.07, 6.45) is 1.80. The molecule has 6 heteroatoms. The smallest absolute Gasteiger partial charge is 0.225 e. The first-order valence-electron chi connectivity index (χ1n) is 7.64. The maximum Gasteiger partial charge on any atom is 0.225 e. The van der Waals surface area contributed by atoms with Crippen LogP contribution in [0.3, 0.4) is 0 Å². The number of pyridine rings is 1. The summed E-state index contributed by atoms with van der Waals surface area (Å²) in [5.41, 5.74) is 1.96. The number of anilines is 2. The Bertz CT molecular complexity index is 607. The van der Waals surface area contributed by atoms with Crippen LogP contribution in [0.5, 0.6) is 0 Å². The van der Waals surface area contributed by atoms with Gasteiger partial charge in [0.05, 0.1) is 12.2 Å². The second-order valence-corrected chi connectivity index (χ2v) is 5.66. The summed E-state index contributed by atoms with van der Waals surface area (Å²) in [5, 5.41) is 3.27. The molecule has 1 saturated heterocycles. The highest BCUT2D eigenvalue weighted by atomic mass is 15.3. The second kappa shape index (κ2) is 6.70. The van der Waals surface area contributed by atoms with Crippen LogP contribution in [0.25, 0.3) is 0 Å². The normalized spacial score (nSPS) is 15.8. The summed E-state index contributed by atoms with van der Waals surface area (Å²) in [6, 6.07) is 7.94. The van der Waals surface area contributed by atoms with E-state index in [2.05, 4.69) is 43.2 Å². The zero-order valence-corrected chi connectivity index (χ0v) is 13.2. The van der Waals surface area contributed by atoms with E-state index in [4.69, 9.17) is 0 Å². The van der Waals surface area contributed by atoms with Crippen molar-refractivity contribution in [2.24, 2.45) is 0 Å². The van der Waals surface area contributed by atoms with E-state index in [0.717, 1.165) is 43.4 Å². The lowest BCUT2D eigenvalue weighted by atomic mass is 10.3. The van der Waals surface area contributed by atoms with Gasteiger partial charge in [0, 0.05) is 44.1 Å². The number of nitrogens with one attached hydrogen (secondary N) is 1. The van der Waals surface area contributed by atoms with Gasteiger partial charge < -0.3 is 15.1 Å². The van der Waals surface area contributed by atoms with E-state index in [1.54, 1.807) is 6.20 Å². The lowest BCUT2D eigenvalue weighted by molar-refractivity contribution is 0.312. The Kier molecular flexibility index (Phi) is 4.48. The van der Waals surface area contributed by atoms with Crippen molar-refractivity contribution >= 4 is 11.8 Å². The van der Waals surface area contributed by atoms with Crippen molar-refractivity contribution in [1.29, 1.82) is 0 Å². The van der Waals surface area contributed by atoms with Gasteiger partial charge in [-0.1, -0.05) is 6.07 Å². The largest absolute Gasteiger partial charge is 0.354 e. The van der Waals surface area contributed by atoms with E-state index in [9.17, 15) is 0 Å². The lowest BCUT2D eigenvalue weighted by Crippen LogP contribution is -2.44. The van der Waals surface area contributed by atoms with Gasteiger partial charge in [-0.05, 0) is 26.1 Å². The molecule has 22 heavy (non-hydrogen) atoms. The van der Waals surface area contributed by atoms with Crippen molar-refractivity contribution < 1.29 is 0 Å². The zero-order chi connectivity index (χ0) is 15.4. The van der Waals surface area contributed by atoms with E-state index < -0.39 is 0 Å². The maximum atomic E-state index is 4.65. The number of aromatic nitrogens is 3. The molecule has 1 fully saturated rings. The summed E-state index contributed by atoms with van der Waals surface area (Å²) >= 11 is 0. The van der Waals surface area contributed by atoms with E-state index in [1.807, 2.05) is 25.1 Å². The highest BCUT2D eigenvalue weighted by Crippen LogP contribution is 2.16. The summed E-state index contributed by atoms with van der Waals surface area (Å²) in [6.45, 7) is 6.79. The summed E-state index contributed by atoms with van der Waals surface area (Å²) in [4.78, 5) is 18.1. The molecule has 2 aromatic rings. The molecular formula is C16H22N6. The third-order valence-corrected chi connectivity index (χ3v) is 3.82. The van der Waals surface area contributed by atoms with Crippen molar-refractivity contribution in [2.45, 2.75) is 13.5 Å². The van der Waals surface area contributed by atoms with E-state index in [-0.39, 0.29) is 0 Å². The van der Waals surface area contributed by atoms with E-state index in [0.29, 0.717) is 12.5 Å². The molecule has 1 aliphatic rings. The quantitative estimate of drug-likeness (QED) is 0.924. The topological polar surface area (TPSA) is 57.2 Å². The molecule has 0 aromatic carbocycles. The Morgan fingerprint density at radius 2 is 1.95 bits per heavy atom. The molecule has 0 saturated carbocycles. The van der Waals surface area contributed by atoms with Crippen molar-refractivity contribution in [1.82, 2.24) is 19.9 Å². The van der Waals surface area contributed by atoms with Gasteiger partial charge in [0.25, 0.3) is 0 Å². The first kappa shape index (κ1) is 14.7. The third-order valence-electron chi connectivity index (χ3n) is 3.82. The van der Waals surface area contributed by atoms with Crippen LogP contribution in [0.1, 0.15) is 11.4 Å². The number of likely N-dealkylation sites (N-methyl/N-ethyl adjacent to an activating group) is 1. The molecule has 1 aliphatic heterocycles. The van der Waals surface area contributed by atoms with Gasteiger partial charge in [-0.25, -0.2) is 4.98 Å². The average molecular weight is 298 g/mol. The fourth-order valence-electron chi connectivity index (χ4n) is 2.50. The van der Waals surface area contributed by atoms with Crippen molar-refractivity contribution in [3.8, 4) is 0 Å². The standard InChI is InChI=1S/C16H22N6/c1-13-11-15(22-9-7-21(2)8-10-22)20-16(19-13)18-12-14-5-3-4-6-17-14/h3-6,11H,7-10,12H2,1-2H3,(H,18,19,20). The van der Waals surface area contributed by atoms with Gasteiger partial charge >= 0.3 is 0 Å². The number of hydrogen-bond donors (Lipinski definition) is 1. The average Bonchev–Trinajstić information content (AvgIpc) is 2.54. The van der Waals surface area contributed by atoms with Gasteiger partial charge in [-0.15, -0.1) is 0 Å². The van der Waals surface area contributed by atoms with Crippen molar-refractivity contribution in [2.75, 3.05) is 43.4 Å². The summed E-state index contributed by atoms with van der Waals surface area (Å²) in [7, 11) is 2.16. The predicted molar refractivity (Wildman–Crippen MR) is 88.0 cm³/mol. The van der Waals surface area contributed by atoms with Crippen molar-refractivity contribution in [3.05, 3.63) is 41.9 Å². The number of piperazine rings is 1. The van der Waals surface area contributed by atoms with Crippen LogP contribution >= 0.6 is 0 Å². The summed E-state index contributed by atoms with van der Waals surface area (Å²) < 4.78 is 0. The van der Waals surface area contributed by atoms with Gasteiger partial charge in [-0.3, -0.25) is 4.98 Å². The first-order chi connectivity index (χ1) is 10.7. The molecule has 116 valence electrons. The Morgan fingerprint density at radius 1 is 1.14 bits per heavy atom. The fraction of sp³-hybridized carbons (Fsp3) is 0.438. The highest BCUT2D eigenvalue weighted by molar-refractivity contribution is 5.45. The van der Waals surface area contributed by atoms with Crippen LogP contribution in [0.15, 0.2) is 30.5 Å². The molecule has 0 radical (unpaired) electrons. The molecule has 3 rings (SSSR count). The van der Waals surface area contributed by atoms with Crippen LogP contribution in [-0.4, -0.2) is 53.1 Å². The SMILES string of the molecule is Cc1cc(N2CCN(C)CC2)nc(NCc2ccccn2)n1. The monoisotopic (exact) mass is 298 g/mol. The fourth-order valence-corrected chi connectivity index (χ4v) is 2.50. The number of nitrogens with zero attached hydrogens (tertiary/aromatic N) is 5. The van der Waals surface area contributed by atoms with Crippen LogP contribution in [0, 0.1) is 6.92 Å². The first-order valence-corrected chi connectivity index (χ1v) is 7.64. The zero-order valence-electron chi connectivity index (χ0n) is 13.2. The molecule has 3 heterocycles. The Hall–Kier alpha value is -2.21. The van der Waals surface area contributed by atoms with Gasteiger partial charge in [0.1, 0.15) is 5.82 Å². The lowest BCUT2D eigenvalue weighted by Gasteiger charge is -2.33. The van der Waals surface area contributed by atoms with Crippen LogP contribution in [0.2, 0.25) is 0 Å². The molecule has 0 aliphatic carbocycles. The second-order valence-electron chi connectivity index (χ2n) is 5.66. The van der Waals surface area contributed by atoms with Gasteiger partial charge in [0.15, 0.2) is 0 Å². The Balaban J connectivity index is 1.70. The maximum absolute atomic E-state index is 4.65. The third kappa shape index (κ3) is 3.71. The Labute approximate surface area is 131 Å². The number of aryl methyl sites for hydroxylation is 1. The summed E-state index contributed by atoms with van der Waals surface area (Å²) in [5.74, 6) is 1.67. The predicted octanol–water partition coefficient (Wildman–Crippen LogP) is 1.54. The highest BCUT2D eigenvalue weighted by Gasteiger charge is 2.16. The van der Waals surface area contributed by atoms with Crippen LogP contribution in [-0.2, 0) is 6.54 Å². The molecule has 6 nitrogen and oxygen atoms in total. The van der Waals surface area contributed by atoms with Crippen LogP contribution < -0.4 is 10.2 Å². The van der Waals surface area contributed by atoms with E-state index >= 15 is 0 Å². The molecule has 2 aromatic heterocycles. The minimum atomic E-state index is 0.631. The molecule has 0 bridgehead atoms. The van der Waals surface area contributed by atoms with E-state index in [1.165, 1.54) is 0 Å². The van der Waals surface area contributed by atoms with Crippen LogP contribution in [0.4, 0.5) is 11.8 Å². The number of rotatable bonds is 4. The molecule has 0 atom stereocenters. The molecular weight excluding hydrogens is 276 g/mol. The minimum Gasteiger partial charge on any atom is -0.354 e. The van der Waals surface area contributed by atoms with Gasteiger partial charge in [-0.2, -0.15) is 4.98 Å². The number of hydrogen-bond acceptors (Lipinski definition) is 6. The molecule has 0 amide bonds.